The largest absolute Gasteiger partial charge is 0.497 e. The monoisotopic (exact) mass is 555 g/mol. The van der Waals surface area contributed by atoms with Crippen molar-refractivity contribution in [2.24, 2.45) is 0 Å². The second-order valence-corrected chi connectivity index (χ2v) is 12.2. The minimum Gasteiger partial charge on any atom is -0.497 e. The number of carboxylic acid groups (broad SMARTS) is 1. The van der Waals surface area contributed by atoms with Crippen molar-refractivity contribution in [2.75, 3.05) is 25.1 Å². The van der Waals surface area contributed by atoms with E-state index in [4.69, 9.17) is 9.47 Å². The standard InChI is InChI=1S/C27H25NO8S2/c1-35-20-8-12-22(13-9-20)37(31,32)18-19-7-16-26(25-6-4-3-5-24(19)25)28(17-27(29)30)38(33,34)23-14-10-21(36-2)11-15-23/h3-16H,17-18H2,1-2H3,(H,29,30). The van der Waals surface area contributed by atoms with E-state index >= 15 is 0 Å². The van der Waals surface area contributed by atoms with E-state index in [-0.39, 0.29) is 21.2 Å². The molecule has 4 rings (SSSR count). The molecule has 0 atom stereocenters. The number of sulfone groups is 1. The lowest BCUT2D eigenvalue weighted by molar-refractivity contribution is -0.135. The number of sulfonamides is 1. The zero-order valence-corrected chi connectivity index (χ0v) is 22.2. The number of hydrogen-bond acceptors (Lipinski definition) is 7. The number of methoxy groups -OCH3 is 2. The third kappa shape index (κ3) is 5.43. The molecule has 38 heavy (non-hydrogen) atoms. The Labute approximate surface area is 220 Å². The van der Waals surface area contributed by atoms with Gasteiger partial charge in [0.25, 0.3) is 10.0 Å². The highest BCUT2D eigenvalue weighted by molar-refractivity contribution is 7.93. The fourth-order valence-corrected chi connectivity index (χ4v) is 6.87. The number of carboxylic acids is 1. The van der Waals surface area contributed by atoms with Gasteiger partial charge in [0.05, 0.1) is 35.5 Å². The van der Waals surface area contributed by atoms with Crippen LogP contribution in [-0.4, -0.2) is 48.7 Å². The summed E-state index contributed by atoms with van der Waals surface area (Å²) in [6, 6.07) is 21.3. The number of anilines is 1. The van der Waals surface area contributed by atoms with Gasteiger partial charge >= 0.3 is 5.97 Å². The topological polar surface area (TPSA) is 127 Å². The molecule has 9 nitrogen and oxygen atoms in total. The van der Waals surface area contributed by atoms with Gasteiger partial charge in [-0.2, -0.15) is 0 Å². The van der Waals surface area contributed by atoms with Gasteiger partial charge in [0, 0.05) is 5.39 Å². The first kappa shape index (κ1) is 27.0. The molecule has 0 saturated carbocycles. The fraction of sp³-hybridized carbons (Fsp3) is 0.148. The van der Waals surface area contributed by atoms with Gasteiger partial charge in [-0.25, -0.2) is 16.8 Å². The van der Waals surface area contributed by atoms with Crippen molar-refractivity contribution in [1.29, 1.82) is 0 Å². The average Bonchev–Trinajstić information content (AvgIpc) is 2.92. The van der Waals surface area contributed by atoms with Crippen LogP contribution in [0.3, 0.4) is 0 Å². The van der Waals surface area contributed by atoms with Gasteiger partial charge in [0.1, 0.15) is 18.0 Å². The Morgan fingerprint density at radius 2 is 1.26 bits per heavy atom. The quantitative estimate of drug-likeness (QED) is 0.310. The first-order valence-electron chi connectivity index (χ1n) is 11.3. The number of hydrogen-bond donors (Lipinski definition) is 1. The minimum atomic E-state index is -4.30. The van der Waals surface area contributed by atoms with Gasteiger partial charge in [-0.1, -0.05) is 30.3 Å². The predicted octanol–water partition coefficient (Wildman–Crippen LogP) is 4.11. The maximum atomic E-state index is 13.6. The highest BCUT2D eigenvalue weighted by Crippen LogP contribution is 2.34. The summed E-state index contributed by atoms with van der Waals surface area (Å²) >= 11 is 0. The second-order valence-electron chi connectivity index (χ2n) is 8.30. The van der Waals surface area contributed by atoms with Gasteiger partial charge in [0.15, 0.2) is 9.84 Å². The van der Waals surface area contributed by atoms with Crippen LogP contribution >= 0.6 is 0 Å². The van der Waals surface area contributed by atoms with Crippen molar-refractivity contribution < 1.29 is 36.2 Å². The van der Waals surface area contributed by atoms with Crippen molar-refractivity contribution in [2.45, 2.75) is 15.5 Å². The van der Waals surface area contributed by atoms with Gasteiger partial charge < -0.3 is 14.6 Å². The molecule has 198 valence electrons. The van der Waals surface area contributed by atoms with Crippen molar-refractivity contribution in [3.63, 3.8) is 0 Å². The van der Waals surface area contributed by atoms with E-state index in [0.717, 1.165) is 4.31 Å². The predicted molar refractivity (Wildman–Crippen MR) is 143 cm³/mol. The molecule has 0 saturated heterocycles. The van der Waals surface area contributed by atoms with Crippen molar-refractivity contribution >= 4 is 42.3 Å². The Kier molecular flexibility index (Phi) is 7.61. The van der Waals surface area contributed by atoms with E-state index in [1.54, 1.807) is 36.4 Å². The van der Waals surface area contributed by atoms with Crippen LogP contribution in [0, 0.1) is 0 Å². The maximum absolute atomic E-state index is 13.6. The highest BCUT2D eigenvalue weighted by Gasteiger charge is 2.29. The van der Waals surface area contributed by atoms with Crippen molar-refractivity contribution in [3.8, 4) is 11.5 Å². The molecular formula is C27H25NO8S2. The second kappa shape index (κ2) is 10.7. The Morgan fingerprint density at radius 1 is 0.737 bits per heavy atom. The summed E-state index contributed by atoms with van der Waals surface area (Å²) in [6.07, 6.45) is 0. The number of nitrogens with zero attached hydrogens (tertiary/aromatic N) is 1. The Morgan fingerprint density at radius 3 is 1.79 bits per heavy atom. The molecule has 0 unspecified atom stereocenters. The van der Waals surface area contributed by atoms with E-state index in [0.29, 0.717) is 27.8 Å². The number of carbonyl (C=O) groups is 1. The molecule has 4 aromatic carbocycles. The average molecular weight is 556 g/mol. The van der Waals surface area contributed by atoms with Crippen LogP contribution < -0.4 is 13.8 Å². The van der Waals surface area contributed by atoms with Gasteiger partial charge in [-0.3, -0.25) is 9.10 Å². The third-order valence-corrected chi connectivity index (χ3v) is 9.41. The molecular weight excluding hydrogens is 530 g/mol. The summed E-state index contributed by atoms with van der Waals surface area (Å²) in [5.74, 6) is -0.723. The summed E-state index contributed by atoms with van der Waals surface area (Å²) < 4.78 is 64.5. The molecule has 0 heterocycles. The molecule has 0 radical (unpaired) electrons. The number of benzene rings is 4. The third-order valence-electron chi connectivity index (χ3n) is 5.95. The summed E-state index contributed by atoms with van der Waals surface area (Å²) in [7, 11) is -5.12. The molecule has 0 aromatic heterocycles. The molecule has 0 amide bonds. The van der Waals surface area contributed by atoms with Crippen LogP contribution in [0.4, 0.5) is 5.69 Å². The van der Waals surface area contributed by atoms with Gasteiger partial charge in [0.2, 0.25) is 0 Å². The van der Waals surface area contributed by atoms with Crippen LogP contribution in [0.15, 0.2) is 94.7 Å². The molecule has 0 aliphatic rings. The van der Waals surface area contributed by atoms with E-state index in [1.165, 1.54) is 62.8 Å². The summed E-state index contributed by atoms with van der Waals surface area (Å²) in [6.45, 7) is -0.831. The Balaban J connectivity index is 1.81. The van der Waals surface area contributed by atoms with E-state index < -0.39 is 32.4 Å². The van der Waals surface area contributed by atoms with Gasteiger partial charge in [-0.15, -0.1) is 0 Å². The van der Waals surface area contributed by atoms with Crippen LogP contribution in [-0.2, 0) is 30.4 Å². The summed E-state index contributed by atoms with van der Waals surface area (Å²) in [5, 5.41) is 10.5. The van der Waals surface area contributed by atoms with Crippen LogP contribution in [0.5, 0.6) is 11.5 Å². The minimum absolute atomic E-state index is 0.112. The smallest absolute Gasteiger partial charge is 0.324 e. The molecule has 1 N–H and O–H groups in total. The fourth-order valence-electron chi connectivity index (χ4n) is 4.06. The zero-order valence-electron chi connectivity index (χ0n) is 20.6. The van der Waals surface area contributed by atoms with E-state index in [1.807, 2.05) is 0 Å². The van der Waals surface area contributed by atoms with E-state index in [2.05, 4.69) is 0 Å². The Bertz CT molecular complexity index is 1680. The number of aliphatic carboxylic acids is 1. The lowest BCUT2D eigenvalue weighted by Gasteiger charge is -2.25. The first-order chi connectivity index (χ1) is 18.1. The van der Waals surface area contributed by atoms with Crippen LogP contribution in [0.2, 0.25) is 0 Å². The number of ether oxygens (including phenoxy) is 2. The van der Waals surface area contributed by atoms with Crippen molar-refractivity contribution in [3.05, 3.63) is 90.5 Å². The molecule has 0 fully saturated rings. The van der Waals surface area contributed by atoms with Crippen molar-refractivity contribution in [1.82, 2.24) is 0 Å². The van der Waals surface area contributed by atoms with Crippen LogP contribution in [0.25, 0.3) is 10.8 Å². The zero-order chi connectivity index (χ0) is 27.5. The lowest BCUT2D eigenvalue weighted by atomic mass is 10.0. The molecule has 0 bridgehead atoms. The highest BCUT2D eigenvalue weighted by atomic mass is 32.2. The molecule has 0 aliphatic heterocycles. The normalized spacial score (nSPS) is 11.7. The molecule has 11 heteroatoms. The van der Waals surface area contributed by atoms with E-state index in [9.17, 15) is 26.7 Å². The maximum Gasteiger partial charge on any atom is 0.324 e. The van der Waals surface area contributed by atoms with Gasteiger partial charge in [-0.05, 0) is 65.5 Å². The molecule has 0 aliphatic carbocycles. The Hall–Kier alpha value is -4.09. The molecule has 0 spiro atoms. The lowest BCUT2D eigenvalue weighted by Crippen LogP contribution is -2.36. The summed E-state index contributed by atoms with van der Waals surface area (Å²) in [4.78, 5) is 11.7. The van der Waals surface area contributed by atoms with Crippen LogP contribution in [0.1, 0.15) is 5.56 Å². The number of fused-ring (bicyclic) bond motifs is 1. The summed E-state index contributed by atoms with van der Waals surface area (Å²) in [5.41, 5.74) is 0.557. The SMILES string of the molecule is COc1ccc(S(=O)(=O)Cc2ccc(N(CC(=O)O)S(=O)(=O)c3ccc(OC)cc3)c3ccccc23)cc1. The number of rotatable bonds is 10. The first-order valence-corrected chi connectivity index (χ1v) is 14.4. The molecule has 4 aromatic rings.